The minimum absolute atomic E-state index is 0.862. The molecular weight excluding hydrogens is 184 g/mol. The van der Waals surface area contributed by atoms with Crippen LogP contribution in [0.5, 0.6) is 5.75 Å². The number of methoxy groups -OCH3 is 1. The molecule has 0 aliphatic rings. The van der Waals surface area contributed by atoms with Crippen molar-refractivity contribution < 1.29 is 4.74 Å². The summed E-state index contributed by atoms with van der Waals surface area (Å²) in [5, 5.41) is 0. The van der Waals surface area contributed by atoms with Crippen LogP contribution in [0.1, 0.15) is 5.56 Å². The van der Waals surface area contributed by atoms with Gasteiger partial charge in [0.15, 0.2) is 0 Å². The fraction of sp³-hybridized carbons (Fsp3) is 0.143. The van der Waals surface area contributed by atoms with Gasteiger partial charge in [-0.2, -0.15) is 0 Å². The Morgan fingerprint density at radius 3 is 2.47 bits per heavy atom. The Hall–Kier alpha value is -1.76. The van der Waals surface area contributed by atoms with Crippen molar-refractivity contribution in [3.05, 3.63) is 54.1 Å². The third-order valence-corrected chi connectivity index (χ3v) is 2.38. The Morgan fingerprint density at radius 2 is 1.80 bits per heavy atom. The Balaban J connectivity index is 2.49. The second kappa shape index (κ2) is 4.18. The molecule has 0 spiro atoms. The molecule has 0 fully saturated rings. The van der Waals surface area contributed by atoms with E-state index in [1.807, 2.05) is 18.2 Å². The lowest BCUT2D eigenvalue weighted by atomic mass is 10.0. The lowest BCUT2D eigenvalue weighted by molar-refractivity contribution is 0.416. The first-order valence-corrected chi connectivity index (χ1v) is 4.93. The summed E-state index contributed by atoms with van der Waals surface area (Å²) in [7, 11) is 1.68. The summed E-state index contributed by atoms with van der Waals surface area (Å²) >= 11 is 0. The molecule has 2 aromatic carbocycles. The number of aryl methyl sites for hydroxylation is 1. The maximum absolute atomic E-state index is 5.30. The third kappa shape index (κ3) is 2.01. The third-order valence-electron chi connectivity index (χ3n) is 2.38. The van der Waals surface area contributed by atoms with Crippen LogP contribution >= 0.6 is 0 Å². The summed E-state index contributed by atoms with van der Waals surface area (Å²) in [5.41, 5.74) is 3.41. The molecule has 0 saturated heterocycles. The molecule has 15 heavy (non-hydrogen) atoms. The SMILES string of the molecule is COc1ccc[c]c1-c1ccc(C)cc1. The summed E-state index contributed by atoms with van der Waals surface area (Å²) < 4.78 is 5.30. The number of benzene rings is 2. The first-order valence-electron chi connectivity index (χ1n) is 4.93. The van der Waals surface area contributed by atoms with Gasteiger partial charge >= 0.3 is 0 Å². The van der Waals surface area contributed by atoms with E-state index in [1.54, 1.807) is 7.11 Å². The van der Waals surface area contributed by atoms with Crippen molar-refractivity contribution in [2.24, 2.45) is 0 Å². The van der Waals surface area contributed by atoms with Crippen LogP contribution in [0.25, 0.3) is 11.1 Å². The van der Waals surface area contributed by atoms with Crippen LogP contribution in [0.4, 0.5) is 0 Å². The number of hydrogen-bond donors (Lipinski definition) is 0. The Labute approximate surface area is 90.3 Å². The molecule has 0 unspecified atom stereocenters. The molecule has 0 bridgehead atoms. The number of ether oxygens (including phenoxy) is 1. The number of rotatable bonds is 2. The summed E-state index contributed by atoms with van der Waals surface area (Å²) in [6.07, 6.45) is 0. The van der Waals surface area contributed by atoms with Crippen LogP contribution < -0.4 is 4.74 Å². The lowest BCUT2D eigenvalue weighted by Gasteiger charge is -2.07. The normalized spacial score (nSPS) is 10.0. The highest BCUT2D eigenvalue weighted by atomic mass is 16.5. The summed E-state index contributed by atoms with van der Waals surface area (Å²) in [6.45, 7) is 2.08. The predicted molar refractivity (Wildman–Crippen MR) is 62.0 cm³/mol. The van der Waals surface area contributed by atoms with Crippen molar-refractivity contribution in [3.8, 4) is 16.9 Å². The van der Waals surface area contributed by atoms with E-state index >= 15 is 0 Å². The van der Waals surface area contributed by atoms with Gasteiger partial charge in [-0.05, 0) is 24.6 Å². The zero-order chi connectivity index (χ0) is 10.7. The van der Waals surface area contributed by atoms with Crippen LogP contribution in [-0.4, -0.2) is 7.11 Å². The molecule has 75 valence electrons. The van der Waals surface area contributed by atoms with Gasteiger partial charge in [0.2, 0.25) is 0 Å². The standard InChI is InChI=1S/C14H13O/c1-11-7-9-12(10-8-11)13-5-3-4-6-14(13)15-2/h3-4,6-10H,1-2H3. The molecule has 0 atom stereocenters. The van der Waals surface area contributed by atoms with Gasteiger partial charge in [0.25, 0.3) is 0 Å². The van der Waals surface area contributed by atoms with Crippen molar-refractivity contribution in [1.29, 1.82) is 0 Å². The van der Waals surface area contributed by atoms with Gasteiger partial charge in [-0.1, -0.05) is 42.0 Å². The second-order valence-electron chi connectivity index (χ2n) is 3.48. The van der Waals surface area contributed by atoms with E-state index in [-0.39, 0.29) is 0 Å². The molecule has 1 nitrogen and oxygen atoms in total. The summed E-state index contributed by atoms with van der Waals surface area (Å²) in [5.74, 6) is 0.862. The van der Waals surface area contributed by atoms with Gasteiger partial charge in [-0.25, -0.2) is 0 Å². The maximum Gasteiger partial charge on any atom is 0.127 e. The van der Waals surface area contributed by atoms with E-state index in [4.69, 9.17) is 4.74 Å². The van der Waals surface area contributed by atoms with Crippen molar-refractivity contribution >= 4 is 0 Å². The molecule has 0 aromatic heterocycles. The van der Waals surface area contributed by atoms with Gasteiger partial charge in [-0.15, -0.1) is 0 Å². The first kappa shape index (κ1) is 9.78. The highest BCUT2D eigenvalue weighted by molar-refractivity contribution is 5.69. The molecular formula is C14H13O. The van der Waals surface area contributed by atoms with Crippen molar-refractivity contribution in [2.45, 2.75) is 6.92 Å². The van der Waals surface area contributed by atoms with Gasteiger partial charge < -0.3 is 4.74 Å². The average molecular weight is 197 g/mol. The van der Waals surface area contributed by atoms with Crippen LogP contribution in [0.3, 0.4) is 0 Å². The molecule has 2 aromatic rings. The monoisotopic (exact) mass is 197 g/mol. The van der Waals surface area contributed by atoms with E-state index in [2.05, 4.69) is 37.3 Å². The zero-order valence-corrected chi connectivity index (χ0v) is 8.95. The maximum atomic E-state index is 5.30. The van der Waals surface area contributed by atoms with Crippen LogP contribution in [0, 0.1) is 13.0 Å². The van der Waals surface area contributed by atoms with Crippen molar-refractivity contribution in [1.82, 2.24) is 0 Å². The van der Waals surface area contributed by atoms with E-state index in [1.165, 1.54) is 5.56 Å². The van der Waals surface area contributed by atoms with E-state index in [0.29, 0.717) is 0 Å². The van der Waals surface area contributed by atoms with Gasteiger partial charge in [0.05, 0.1) is 7.11 Å². The largest absolute Gasteiger partial charge is 0.496 e. The van der Waals surface area contributed by atoms with Crippen LogP contribution in [0.2, 0.25) is 0 Å². The Kier molecular flexibility index (Phi) is 2.72. The van der Waals surface area contributed by atoms with Gasteiger partial charge in [0, 0.05) is 5.56 Å². The summed E-state index contributed by atoms with van der Waals surface area (Å²) in [6, 6.07) is 17.3. The van der Waals surface area contributed by atoms with Crippen molar-refractivity contribution in [2.75, 3.05) is 7.11 Å². The van der Waals surface area contributed by atoms with Gasteiger partial charge in [-0.3, -0.25) is 0 Å². The fourth-order valence-corrected chi connectivity index (χ4v) is 1.54. The predicted octanol–water partition coefficient (Wildman–Crippen LogP) is 3.47. The quantitative estimate of drug-likeness (QED) is 0.716. The molecule has 0 aliphatic carbocycles. The smallest absolute Gasteiger partial charge is 0.127 e. The van der Waals surface area contributed by atoms with Crippen molar-refractivity contribution in [3.63, 3.8) is 0 Å². The minimum atomic E-state index is 0.862. The molecule has 1 heteroatoms. The molecule has 0 amide bonds. The molecule has 0 N–H and O–H groups in total. The minimum Gasteiger partial charge on any atom is -0.496 e. The Morgan fingerprint density at radius 1 is 1.07 bits per heavy atom. The van der Waals surface area contributed by atoms with E-state index in [0.717, 1.165) is 16.9 Å². The molecule has 2 rings (SSSR count). The zero-order valence-electron chi connectivity index (χ0n) is 8.95. The lowest BCUT2D eigenvalue weighted by Crippen LogP contribution is -1.87. The van der Waals surface area contributed by atoms with E-state index in [9.17, 15) is 0 Å². The second-order valence-corrected chi connectivity index (χ2v) is 3.48. The topological polar surface area (TPSA) is 9.23 Å². The van der Waals surface area contributed by atoms with Crippen LogP contribution in [0.15, 0.2) is 42.5 Å². The first-order chi connectivity index (χ1) is 7.31. The molecule has 0 heterocycles. The molecule has 0 aliphatic heterocycles. The number of hydrogen-bond acceptors (Lipinski definition) is 1. The van der Waals surface area contributed by atoms with E-state index < -0.39 is 0 Å². The summed E-state index contributed by atoms with van der Waals surface area (Å²) in [4.78, 5) is 0. The highest BCUT2D eigenvalue weighted by Crippen LogP contribution is 2.28. The fourth-order valence-electron chi connectivity index (χ4n) is 1.54. The van der Waals surface area contributed by atoms with Gasteiger partial charge in [0.1, 0.15) is 5.75 Å². The molecule has 0 saturated carbocycles. The Bertz CT molecular complexity index is 443. The van der Waals surface area contributed by atoms with Crippen LogP contribution in [-0.2, 0) is 0 Å². The molecule has 1 radical (unpaired) electrons. The highest BCUT2D eigenvalue weighted by Gasteiger charge is 2.03. The average Bonchev–Trinajstić information content (AvgIpc) is 2.30.